The van der Waals surface area contributed by atoms with Crippen LogP contribution in [0, 0.1) is 0 Å². The van der Waals surface area contributed by atoms with Crippen LogP contribution in [0.2, 0.25) is 0 Å². The highest BCUT2D eigenvalue weighted by Gasteiger charge is 2.21. The number of nitrogens with one attached hydrogen (secondary N) is 1. The van der Waals surface area contributed by atoms with E-state index in [1.807, 2.05) is 0 Å². The molecule has 1 atom stereocenters. The Kier molecular flexibility index (Phi) is 5.31. The molecule has 0 aliphatic heterocycles. The molecule has 0 bridgehead atoms. The van der Waals surface area contributed by atoms with Gasteiger partial charge < -0.3 is 20.7 Å². The number of imidazole rings is 1. The highest BCUT2D eigenvalue weighted by Crippen LogP contribution is 2.02. The van der Waals surface area contributed by atoms with Gasteiger partial charge in [-0.05, 0) is 13.0 Å². The maximum absolute atomic E-state index is 11.5. The fraction of sp³-hybridized carbons (Fsp3) is 0.545. The monoisotopic (exact) mass is 254 g/mol. The van der Waals surface area contributed by atoms with Crippen molar-refractivity contribution >= 4 is 11.9 Å². The number of hydrogen-bond acceptors (Lipinski definition) is 4. The highest BCUT2D eigenvalue weighted by atomic mass is 16.4. The number of aryl methyl sites for hydroxylation is 1. The smallest absolute Gasteiger partial charge is 0.326 e. The Labute approximate surface area is 105 Å². The van der Waals surface area contributed by atoms with Gasteiger partial charge in [0.1, 0.15) is 6.04 Å². The van der Waals surface area contributed by atoms with Crippen LogP contribution in [-0.2, 0) is 23.1 Å². The van der Waals surface area contributed by atoms with Gasteiger partial charge in [-0.3, -0.25) is 4.79 Å². The third kappa shape index (κ3) is 4.17. The zero-order valence-electron chi connectivity index (χ0n) is 10.3. The zero-order valence-corrected chi connectivity index (χ0v) is 10.3. The van der Waals surface area contributed by atoms with Crippen LogP contribution >= 0.6 is 0 Å². The van der Waals surface area contributed by atoms with Crippen LogP contribution in [0.4, 0.5) is 0 Å². The number of nitrogens with two attached hydrogens (primary N) is 1. The van der Waals surface area contributed by atoms with Gasteiger partial charge in [-0.2, -0.15) is 0 Å². The number of carboxylic acid groups (broad SMARTS) is 1. The molecular weight excluding hydrogens is 236 g/mol. The first-order valence-corrected chi connectivity index (χ1v) is 5.72. The van der Waals surface area contributed by atoms with E-state index in [1.165, 1.54) is 0 Å². The molecule has 0 aliphatic rings. The van der Waals surface area contributed by atoms with E-state index < -0.39 is 12.0 Å². The molecule has 18 heavy (non-hydrogen) atoms. The molecule has 1 aromatic rings. The van der Waals surface area contributed by atoms with Crippen LogP contribution in [0.25, 0.3) is 0 Å². The lowest BCUT2D eigenvalue weighted by Gasteiger charge is -2.14. The number of carbonyl (C=O) groups is 2. The standard InChI is InChI=1S/C11H18N4O3/c1-15-7-13-6-8(15)5-9(11(17)18)14-10(16)3-2-4-12/h6-7,9H,2-5,12H2,1H3,(H,14,16)(H,17,18)/t9-/m1/s1. The summed E-state index contributed by atoms with van der Waals surface area (Å²) in [6.07, 6.45) is 4.17. The molecule has 0 aromatic carbocycles. The van der Waals surface area contributed by atoms with Crippen molar-refractivity contribution in [3.05, 3.63) is 18.2 Å². The summed E-state index contributed by atoms with van der Waals surface area (Å²) < 4.78 is 1.72. The first-order valence-electron chi connectivity index (χ1n) is 5.72. The van der Waals surface area contributed by atoms with Gasteiger partial charge in [0.15, 0.2) is 0 Å². The lowest BCUT2D eigenvalue weighted by Crippen LogP contribution is -2.42. The van der Waals surface area contributed by atoms with Crippen molar-refractivity contribution in [2.45, 2.75) is 25.3 Å². The van der Waals surface area contributed by atoms with E-state index in [9.17, 15) is 9.59 Å². The summed E-state index contributed by atoms with van der Waals surface area (Å²) in [7, 11) is 1.78. The topological polar surface area (TPSA) is 110 Å². The second-order valence-corrected chi connectivity index (χ2v) is 4.05. The Morgan fingerprint density at radius 3 is 2.83 bits per heavy atom. The Bertz CT molecular complexity index is 416. The summed E-state index contributed by atoms with van der Waals surface area (Å²) in [6.45, 7) is 0.410. The highest BCUT2D eigenvalue weighted by molar-refractivity contribution is 5.83. The summed E-state index contributed by atoms with van der Waals surface area (Å²) >= 11 is 0. The van der Waals surface area contributed by atoms with E-state index in [-0.39, 0.29) is 18.7 Å². The number of aromatic nitrogens is 2. The molecule has 0 unspecified atom stereocenters. The minimum Gasteiger partial charge on any atom is -0.480 e. The minimum absolute atomic E-state index is 0.209. The van der Waals surface area contributed by atoms with Crippen LogP contribution in [0.1, 0.15) is 18.5 Å². The second-order valence-electron chi connectivity index (χ2n) is 4.05. The van der Waals surface area contributed by atoms with Gasteiger partial charge in [0.05, 0.1) is 6.33 Å². The molecule has 7 heteroatoms. The number of hydrogen-bond donors (Lipinski definition) is 3. The van der Waals surface area contributed by atoms with Crippen molar-refractivity contribution < 1.29 is 14.7 Å². The Balaban J connectivity index is 2.58. The Hall–Kier alpha value is -1.89. The lowest BCUT2D eigenvalue weighted by atomic mass is 10.1. The third-order valence-corrected chi connectivity index (χ3v) is 2.57. The molecule has 100 valence electrons. The van der Waals surface area contributed by atoms with Crippen LogP contribution in [-0.4, -0.2) is 39.1 Å². The van der Waals surface area contributed by atoms with E-state index in [2.05, 4.69) is 10.3 Å². The molecule has 4 N–H and O–H groups in total. The maximum Gasteiger partial charge on any atom is 0.326 e. The predicted octanol–water partition coefficient (Wildman–Crippen LogP) is -0.729. The normalized spacial score (nSPS) is 12.1. The van der Waals surface area contributed by atoms with Crippen LogP contribution in [0.3, 0.4) is 0 Å². The SMILES string of the molecule is Cn1cncc1C[C@@H](NC(=O)CCCN)C(=O)O. The van der Waals surface area contributed by atoms with Gasteiger partial charge in [-0.25, -0.2) is 9.78 Å². The molecule has 1 heterocycles. The Morgan fingerprint density at radius 1 is 1.61 bits per heavy atom. The number of carboxylic acids is 1. The van der Waals surface area contributed by atoms with E-state index in [4.69, 9.17) is 10.8 Å². The molecule has 0 saturated heterocycles. The van der Waals surface area contributed by atoms with Crippen LogP contribution < -0.4 is 11.1 Å². The van der Waals surface area contributed by atoms with Crippen molar-refractivity contribution in [1.82, 2.24) is 14.9 Å². The summed E-state index contributed by atoms with van der Waals surface area (Å²) in [5.41, 5.74) is 6.04. The van der Waals surface area contributed by atoms with E-state index in [0.29, 0.717) is 13.0 Å². The van der Waals surface area contributed by atoms with Crippen LogP contribution in [0.5, 0.6) is 0 Å². The zero-order chi connectivity index (χ0) is 13.5. The fourth-order valence-electron chi connectivity index (χ4n) is 1.52. The van der Waals surface area contributed by atoms with Crippen molar-refractivity contribution in [2.24, 2.45) is 12.8 Å². The average Bonchev–Trinajstić information content (AvgIpc) is 2.71. The molecule has 0 aliphatic carbocycles. The first kappa shape index (κ1) is 14.2. The molecule has 0 radical (unpaired) electrons. The van der Waals surface area contributed by atoms with Gasteiger partial charge in [0.2, 0.25) is 5.91 Å². The van der Waals surface area contributed by atoms with Gasteiger partial charge in [-0.15, -0.1) is 0 Å². The largest absolute Gasteiger partial charge is 0.480 e. The number of rotatable bonds is 7. The molecule has 0 saturated carbocycles. The van der Waals surface area contributed by atoms with E-state index >= 15 is 0 Å². The van der Waals surface area contributed by atoms with Gasteiger partial charge in [0.25, 0.3) is 0 Å². The molecule has 7 nitrogen and oxygen atoms in total. The number of aliphatic carboxylic acids is 1. The van der Waals surface area contributed by atoms with Crippen molar-refractivity contribution in [2.75, 3.05) is 6.54 Å². The number of amides is 1. The molecule has 1 rings (SSSR count). The van der Waals surface area contributed by atoms with Crippen LogP contribution in [0.15, 0.2) is 12.5 Å². The summed E-state index contributed by atoms with van der Waals surface area (Å²) in [5.74, 6) is -1.35. The molecule has 0 spiro atoms. The fourth-order valence-corrected chi connectivity index (χ4v) is 1.52. The predicted molar refractivity (Wildman–Crippen MR) is 64.8 cm³/mol. The number of carbonyl (C=O) groups excluding carboxylic acids is 1. The quantitative estimate of drug-likeness (QED) is 0.594. The van der Waals surface area contributed by atoms with Crippen molar-refractivity contribution in [3.8, 4) is 0 Å². The lowest BCUT2D eigenvalue weighted by molar-refractivity contribution is -0.141. The molecule has 1 amide bonds. The molecular formula is C11H18N4O3. The van der Waals surface area contributed by atoms with Gasteiger partial charge in [-0.1, -0.05) is 0 Å². The van der Waals surface area contributed by atoms with E-state index in [0.717, 1.165) is 5.69 Å². The summed E-state index contributed by atoms with van der Waals surface area (Å²) in [6, 6.07) is -0.939. The van der Waals surface area contributed by atoms with Gasteiger partial charge in [0, 0.05) is 31.8 Å². The average molecular weight is 254 g/mol. The number of nitrogens with zero attached hydrogens (tertiary/aromatic N) is 2. The second kappa shape index (κ2) is 6.75. The minimum atomic E-state index is -1.06. The van der Waals surface area contributed by atoms with Crippen molar-refractivity contribution in [1.29, 1.82) is 0 Å². The van der Waals surface area contributed by atoms with Gasteiger partial charge >= 0.3 is 5.97 Å². The molecule has 0 fully saturated rings. The maximum atomic E-state index is 11.5. The summed E-state index contributed by atoms with van der Waals surface area (Å²) in [4.78, 5) is 26.5. The first-order chi connectivity index (χ1) is 8.54. The van der Waals surface area contributed by atoms with Crippen molar-refractivity contribution in [3.63, 3.8) is 0 Å². The van der Waals surface area contributed by atoms with E-state index in [1.54, 1.807) is 24.1 Å². The molecule has 1 aromatic heterocycles. The Morgan fingerprint density at radius 2 is 2.33 bits per heavy atom. The summed E-state index contributed by atoms with van der Waals surface area (Å²) in [5, 5.41) is 11.5. The third-order valence-electron chi connectivity index (χ3n) is 2.57.